The van der Waals surface area contributed by atoms with Gasteiger partial charge in [0.2, 0.25) is 0 Å². The molecule has 0 aliphatic rings. The maximum atomic E-state index is 11.4. The Bertz CT molecular complexity index is 441. The smallest absolute Gasteiger partial charge is 0.202 e. The van der Waals surface area contributed by atoms with Crippen molar-refractivity contribution in [1.82, 2.24) is 9.03 Å². The Balaban J connectivity index is 2.46. The van der Waals surface area contributed by atoms with Gasteiger partial charge in [-0.1, -0.05) is 12.1 Å². The van der Waals surface area contributed by atoms with Crippen LogP contribution in [0.1, 0.15) is 5.56 Å². The first kappa shape index (κ1) is 14.5. The van der Waals surface area contributed by atoms with Gasteiger partial charge in [0.25, 0.3) is 10.2 Å². The summed E-state index contributed by atoms with van der Waals surface area (Å²) < 4.78 is 26.6. The summed E-state index contributed by atoms with van der Waals surface area (Å²) in [6, 6.07) is 8.13. The average molecular weight is 274 g/mol. The third-order valence-electron chi connectivity index (χ3n) is 2.34. The molecule has 1 aromatic rings. The highest BCUT2D eigenvalue weighted by Gasteiger charge is 2.11. The molecule has 0 heterocycles. The molecule has 0 spiro atoms. The van der Waals surface area contributed by atoms with Crippen molar-refractivity contribution in [2.45, 2.75) is 11.3 Å². The quantitative estimate of drug-likeness (QED) is 0.797. The molecule has 6 heteroatoms. The molecule has 1 N–H and O–H groups in total. The van der Waals surface area contributed by atoms with Crippen LogP contribution < -0.4 is 4.72 Å². The van der Waals surface area contributed by atoms with Crippen molar-refractivity contribution in [2.75, 3.05) is 26.9 Å². The lowest BCUT2D eigenvalue weighted by atomic mass is 10.2. The Labute approximate surface area is 108 Å². The van der Waals surface area contributed by atoms with Crippen molar-refractivity contribution >= 4 is 22.0 Å². The van der Waals surface area contributed by atoms with Gasteiger partial charge in [-0.3, -0.25) is 0 Å². The summed E-state index contributed by atoms with van der Waals surface area (Å²) in [7, 11) is -0.283. The fourth-order valence-corrected chi connectivity index (χ4v) is 2.27. The van der Waals surface area contributed by atoms with E-state index in [2.05, 4.69) is 4.72 Å². The molecule has 0 aliphatic carbocycles. The van der Waals surface area contributed by atoms with Crippen molar-refractivity contribution in [3.05, 3.63) is 29.8 Å². The largest absolute Gasteiger partial charge is 0.278 e. The Morgan fingerprint density at radius 1 is 1.24 bits per heavy atom. The highest BCUT2D eigenvalue weighted by atomic mass is 32.2. The predicted octanol–water partition coefficient (Wildman–Crippen LogP) is 1.35. The minimum absolute atomic E-state index is 0.416. The summed E-state index contributed by atoms with van der Waals surface area (Å²) in [6.45, 7) is 0.416. The SMILES string of the molecule is CSc1ccc(CCNS(=O)(=O)N(C)C)cc1. The van der Waals surface area contributed by atoms with Gasteiger partial charge in [-0.25, -0.2) is 4.72 Å². The lowest BCUT2D eigenvalue weighted by Crippen LogP contribution is -2.36. The third kappa shape index (κ3) is 4.67. The van der Waals surface area contributed by atoms with Crippen LogP contribution in [0.15, 0.2) is 29.2 Å². The number of thioether (sulfide) groups is 1. The number of benzene rings is 1. The predicted molar refractivity (Wildman–Crippen MR) is 72.5 cm³/mol. The van der Waals surface area contributed by atoms with Crippen LogP contribution in [0.25, 0.3) is 0 Å². The number of nitrogens with one attached hydrogen (secondary N) is 1. The van der Waals surface area contributed by atoms with Crippen molar-refractivity contribution in [3.63, 3.8) is 0 Å². The molecule has 0 fully saturated rings. The normalized spacial score (nSPS) is 12.0. The van der Waals surface area contributed by atoms with Crippen molar-refractivity contribution in [3.8, 4) is 0 Å². The lowest BCUT2D eigenvalue weighted by molar-refractivity contribution is 0.506. The van der Waals surface area contributed by atoms with Gasteiger partial charge in [0.1, 0.15) is 0 Å². The summed E-state index contributed by atoms with van der Waals surface area (Å²) in [5.41, 5.74) is 1.13. The molecule has 0 unspecified atom stereocenters. The molecule has 17 heavy (non-hydrogen) atoms. The van der Waals surface area contributed by atoms with E-state index in [9.17, 15) is 8.42 Å². The van der Waals surface area contributed by atoms with Gasteiger partial charge in [0.05, 0.1) is 0 Å². The Morgan fingerprint density at radius 2 is 1.82 bits per heavy atom. The van der Waals surface area contributed by atoms with Crippen molar-refractivity contribution < 1.29 is 8.42 Å². The molecule has 0 amide bonds. The zero-order valence-electron chi connectivity index (χ0n) is 10.3. The Hall–Kier alpha value is -0.560. The van der Waals surface area contributed by atoms with Crippen LogP contribution in [0.4, 0.5) is 0 Å². The minimum Gasteiger partial charge on any atom is -0.202 e. The van der Waals surface area contributed by atoms with Crippen LogP contribution in [0, 0.1) is 0 Å². The van der Waals surface area contributed by atoms with Crippen LogP contribution in [-0.4, -0.2) is 39.6 Å². The first-order chi connectivity index (χ1) is 7.95. The first-order valence-electron chi connectivity index (χ1n) is 5.26. The van der Waals surface area contributed by atoms with Gasteiger partial charge < -0.3 is 0 Å². The number of rotatable bonds is 6. The highest BCUT2D eigenvalue weighted by molar-refractivity contribution is 7.98. The van der Waals surface area contributed by atoms with Gasteiger partial charge in [-0.05, 0) is 30.4 Å². The van der Waals surface area contributed by atoms with Crippen LogP contribution in [0.5, 0.6) is 0 Å². The van der Waals surface area contributed by atoms with Crippen molar-refractivity contribution in [1.29, 1.82) is 0 Å². The van der Waals surface area contributed by atoms with E-state index in [1.54, 1.807) is 11.8 Å². The van der Waals surface area contributed by atoms with E-state index < -0.39 is 10.2 Å². The monoisotopic (exact) mass is 274 g/mol. The summed E-state index contributed by atoms with van der Waals surface area (Å²) in [5, 5.41) is 0. The maximum Gasteiger partial charge on any atom is 0.278 e. The van der Waals surface area contributed by atoms with E-state index >= 15 is 0 Å². The van der Waals surface area contributed by atoms with E-state index in [-0.39, 0.29) is 0 Å². The third-order valence-corrected chi connectivity index (χ3v) is 4.61. The summed E-state index contributed by atoms with van der Waals surface area (Å²) in [5.74, 6) is 0. The summed E-state index contributed by atoms with van der Waals surface area (Å²) in [6.07, 6.45) is 2.72. The molecular formula is C11H18N2O2S2. The van der Waals surface area contributed by atoms with E-state index in [0.29, 0.717) is 13.0 Å². The molecule has 1 rings (SSSR count). The number of nitrogens with zero attached hydrogens (tertiary/aromatic N) is 1. The van der Waals surface area contributed by atoms with Crippen LogP contribution >= 0.6 is 11.8 Å². The molecule has 0 aliphatic heterocycles. The fraction of sp³-hybridized carbons (Fsp3) is 0.455. The first-order valence-corrected chi connectivity index (χ1v) is 7.92. The van der Waals surface area contributed by atoms with E-state index in [4.69, 9.17) is 0 Å². The molecule has 0 aromatic heterocycles. The molecule has 96 valence electrons. The lowest BCUT2D eigenvalue weighted by Gasteiger charge is -2.12. The molecule has 1 aromatic carbocycles. The molecule has 0 saturated heterocycles. The second-order valence-corrected chi connectivity index (χ2v) is 6.63. The van der Waals surface area contributed by atoms with Gasteiger partial charge in [-0.2, -0.15) is 12.7 Å². The zero-order valence-corrected chi connectivity index (χ0v) is 11.9. The molecule has 0 atom stereocenters. The molecule has 0 radical (unpaired) electrons. The standard InChI is InChI=1S/C11H18N2O2S2/c1-13(2)17(14,15)12-9-8-10-4-6-11(16-3)7-5-10/h4-7,12H,8-9H2,1-3H3. The molecule has 4 nitrogen and oxygen atoms in total. The minimum atomic E-state index is -3.30. The fourth-order valence-electron chi connectivity index (χ4n) is 1.25. The van der Waals surface area contributed by atoms with Gasteiger partial charge >= 0.3 is 0 Å². The van der Waals surface area contributed by atoms with E-state index in [1.165, 1.54) is 23.3 Å². The van der Waals surface area contributed by atoms with E-state index in [0.717, 1.165) is 5.56 Å². The summed E-state index contributed by atoms with van der Waals surface area (Å²) in [4.78, 5) is 1.21. The second-order valence-electron chi connectivity index (χ2n) is 3.78. The summed E-state index contributed by atoms with van der Waals surface area (Å²) >= 11 is 1.69. The molecular weight excluding hydrogens is 256 g/mol. The number of hydrogen-bond donors (Lipinski definition) is 1. The van der Waals surface area contributed by atoms with Crippen molar-refractivity contribution in [2.24, 2.45) is 0 Å². The Morgan fingerprint density at radius 3 is 2.29 bits per heavy atom. The van der Waals surface area contributed by atoms with Crippen LogP contribution in [0.3, 0.4) is 0 Å². The zero-order chi connectivity index (χ0) is 12.9. The number of hydrogen-bond acceptors (Lipinski definition) is 3. The second kappa shape index (κ2) is 6.39. The molecule has 0 saturated carbocycles. The maximum absolute atomic E-state index is 11.4. The van der Waals surface area contributed by atoms with Gasteiger partial charge in [0, 0.05) is 25.5 Å². The van der Waals surface area contributed by atoms with Crippen LogP contribution in [0.2, 0.25) is 0 Å². The van der Waals surface area contributed by atoms with Gasteiger partial charge in [0.15, 0.2) is 0 Å². The highest BCUT2D eigenvalue weighted by Crippen LogP contribution is 2.14. The van der Waals surface area contributed by atoms with Gasteiger partial charge in [-0.15, -0.1) is 11.8 Å². The topological polar surface area (TPSA) is 49.4 Å². The van der Waals surface area contributed by atoms with Crippen LogP contribution in [-0.2, 0) is 16.6 Å². The Kier molecular flexibility index (Phi) is 5.45. The van der Waals surface area contributed by atoms with E-state index in [1.807, 2.05) is 30.5 Å². The average Bonchev–Trinajstić information content (AvgIpc) is 2.29. The molecule has 0 bridgehead atoms.